The van der Waals surface area contributed by atoms with E-state index < -0.39 is 34.6 Å². The monoisotopic (exact) mass is 456 g/mol. The molecule has 2 aromatic rings. The van der Waals surface area contributed by atoms with E-state index in [1.165, 1.54) is 24.3 Å². The average Bonchev–Trinajstić information content (AvgIpc) is 2.73. The number of alkyl carbamates (subject to hydrolysis) is 1. The van der Waals surface area contributed by atoms with Crippen LogP contribution in [0.15, 0.2) is 54.6 Å². The van der Waals surface area contributed by atoms with Crippen molar-refractivity contribution in [3.05, 3.63) is 75.8 Å². The van der Waals surface area contributed by atoms with Crippen molar-refractivity contribution in [1.29, 1.82) is 0 Å². The first kappa shape index (κ1) is 25.3. The standard InChI is InChI=1S/C23H28N4O6/c1-23(2,3)33-22(30)25-19(15-17-9-11-18(12-10-17)27(31)32)20(28)26(21(24)29)14-13-16-7-5-4-6-8-16/h4-12,19H,13-15H2,1-3H3,(H2,24,29)(H,25,30). The summed E-state index contributed by atoms with van der Waals surface area (Å²) in [5.41, 5.74) is 6.00. The van der Waals surface area contributed by atoms with E-state index in [1.807, 2.05) is 30.3 Å². The van der Waals surface area contributed by atoms with E-state index in [1.54, 1.807) is 20.8 Å². The van der Waals surface area contributed by atoms with Gasteiger partial charge in [-0.1, -0.05) is 42.5 Å². The smallest absolute Gasteiger partial charge is 0.408 e. The minimum atomic E-state index is -1.18. The number of urea groups is 1. The summed E-state index contributed by atoms with van der Waals surface area (Å²) < 4.78 is 5.25. The van der Waals surface area contributed by atoms with Crippen LogP contribution < -0.4 is 11.1 Å². The molecule has 2 rings (SSSR count). The maximum absolute atomic E-state index is 13.2. The highest BCUT2D eigenvalue weighted by molar-refractivity contribution is 5.97. The van der Waals surface area contributed by atoms with Crippen LogP contribution in [-0.4, -0.2) is 46.0 Å². The number of non-ortho nitro benzene ring substituents is 1. The number of rotatable bonds is 8. The lowest BCUT2D eigenvalue weighted by atomic mass is 10.0. The van der Waals surface area contributed by atoms with Gasteiger partial charge >= 0.3 is 12.1 Å². The molecule has 176 valence electrons. The quantitative estimate of drug-likeness (QED) is 0.461. The molecule has 0 fully saturated rings. The van der Waals surface area contributed by atoms with Gasteiger partial charge in [0, 0.05) is 25.1 Å². The second-order valence-corrected chi connectivity index (χ2v) is 8.39. The van der Waals surface area contributed by atoms with Gasteiger partial charge in [0.1, 0.15) is 11.6 Å². The predicted molar refractivity (Wildman–Crippen MR) is 121 cm³/mol. The Hall–Kier alpha value is -3.95. The van der Waals surface area contributed by atoms with Crippen LogP contribution in [-0.2, 0) is 22.4 Å². The molecule has 2 aromatic carbocycles. The average molecular weight is 456 g/mol. The van der Waals surface area contributed by atoms with Crippen molar-refractivity contribution in [1.82, 2.24) is 10.2 Å². The number of nitrogens with one attached hydrogen (secondary N) is 1. The molecule has 0 aromatic heterocycles. The molecule has 0 radical (unpaired) electrons. The molecule has 0 spiro atoms. The number of hydrogen-bond donors (Lipinski definition) is 2. The number of imide groups is 1. The zero-order chi connectivity index (χ0) is 24.6. The van der Waals surface area contributed by atoms with Crippen LogP contribution >= 0.6 is 0 Å². The second kappa shape index (κ2) is 11.1. The summed E-state index contributed by atoms with van der Waals surface area (Å²) >= 11 is 0. The first-order valence-electron chi connectivity index (χ1n) is 10.3. The number of benzene rings is 2. The van der Waals surface area contributed by atoms with Crippen LogP contribution in [0.4, 0.5) is 15.3 Å². The van der Waals surface area contributed by atoms with Gasteiger partial charge in [-0.25, -0.2) is 9.59 Å². The minimum Gasteiger partial charge on any atom is -0.444 e. The Labute approximate surface area is 191 Å². The normalized spacial score (nSPS) is 11.8. The molecule has 10 nitrogen and oxygen atoms in total. The van der Waals surface area contributed by atoms with Crippen LogP contribution in [0.1, 0.15) is 31.9 Å². The number of nitro groups is 1. The van der Waals surface area contributed by atoms with Crippen molar-refractivity contribution in [2.24, 2.45) is 5.73 Å². The van der Waals surface area contributed by atoms with Gasteiger partial charge < -0.3 is 15.8 Å². The van der Waals surface area contributed by atoms with E-state index in [2.05, 4.69) is 5.32 Å². The molecule has 1 unspecified atom stereocenters. The first-order chi connectivity index (χ1) is 15.5. The summed E-state index contributed by atoms with van der Waals surface area (Å²) in [6.07, 6.45) is -0.479. The van der Waals surface area contributed by atoms with Crippen LogP contribution in [0, 0.1) is 10.1 Å². The summed E-state index contributed by atoms with van der Waals surface area (Å²) in [5.74, 6) is -0.706. The van der Waals surface area contributed by atoms with Crippen molar-refractivity contribution in [3.8, 4) is 0 Å². The number of nitro benzene ring substituents is 1. The summed E-state index contributed by atoms with van der Waals surface area (Å²) in [6.45, 7) is 5.05. The van der Waals surface area contributed by atoms with E-state index in [0.29, 0.717) is 12.0 Å². The van der Waals surface area contributed by atoms with E-state index in [0.717, 1.165) is 10.5 Å². The molecule has 0 heterocycles. The zero-order valence-corrected chi connectivity index (χ0v) is 18.8. The highest BCUT2D eigenvalue weighted by Crippen LogP contribution is 2.15. The SMILES string of the molecule is CC(C)(C)OC(=O)NC(Cc1ccc([N+](=O)[O-])cc1)C(=O)N(CCc1ccccc1)C(N)=O. The molecule has 4 amide bonds. The highest BCUT2D eigenvalue weighted by atomic mass is 16.6. The van der Waals surface area contributed by atoms with Gasteiger partial charge in [0.2, 0.25) is 0 Å². The van der Waals surface area contributed by atoms with Gasteiger partial charge in [-0.2, -0.15) is 0 Å². The fourth-order valence-corrected chi connectivity index (χ4v) is 3.04. The summed E-state index contributed by atoms with van der Waals surface area (Å²) in [5, 5.41) is 13.4. The van der Waals surface area contributed by atoms with E-state index in [4.69, 9.17) is 10.5 Å². The van der Waals surface area contributed by atoms with Gasteiger partial charge in [-0.3, -0.25) is 19.8 Å². The predicted octanol–water partition coefficient (Wildman–Crippen LogP) is 3.18. The molecule has 0 bridgehead atoms. The Balaban J connectivity index is 2.24. The van der Waals surface area contributed by atoms with Gasteiger partial charge in [0.15, 0.2) is 0 Å². The maximum atomic E-state index is 13.2. The molecule has 0 aliphatic rings. The number of primary amides is 1. The number of ether oxygens (including phenoxy) is 1. The Kier molecular flexibility index (Phi) is 8.49. The Morgan fingerprint density at radius 2 is 1.67 bits per heavy atom. The number of nitrogens with zero attached hydrogens (tertiary/aromatic N) is 2. The van der Waals surface area contributed by atoms with Gasteiger partial charge in [-0.05, 0) is 38.3 Å². The fourth-order valence-electron chi connectivity index (χ4n) is 3.04. The number of carbonyl (C=O) groups excluding carboxylic acids is 3. The van der Waals surface area contributed by atoms with E-state index in [9.17, 15) is 24.5 Å². The molecule has 0 aliphatic carbocycles. The van der Waals surface area contributed by atoms with Crippen molar-refractivity contribution in [3.63, 3.8) is 0 Å². The summed E-state index contributed by atoms with van der Waals surface area (Å²) in [4.78, 5) is 48.9. The van der Waals surface area contributed by atoms with Gasteiger partial charge in [0.25, 0.3) is 11.6 Å². The summed E-state index contributed by atoms with van der Waals surface area (Å²) in [7, 11) is 0. The lowest BCUT2D eigenvalue weighted by Gasteiger charge is -2.27. The minimum absolute atomic E-state index is 0.0188. The largest absolute Gasteiger partial charge is 0.444 e. The molecule has 0 aliphatic heterocycles. The van der Waals surface area contributed by atoms with E-state index >= 15 is 0 Å². The second-order valence-electron chi connectivity index (χ2n) is 8.39. The third kappa shape index (κ3) is 8.24. The molecule has 10 heteroatoms. The summed E-state index contributed by atoms with van der Waals surface area (Å²) in [6, 6.07) is 12.7. The molecule has 0 saturated carbocycles. The Bertz CT molecular complexity index is 986. The van der Waals surface area contributed by atoms with Crippen LogP contribution in [0.3, 0.4) is 0 Å². The lowest BCUT2D eigenvalue weighted by Crippen LogP contribution is -2.54. The fraction of sp³-hybridized carbons (Fsp3) is 0.348. The number of amides is 4. The third-order valence-corrected chi connectivity index (χ3v) is 4.58. The maximum Gasteiger partial charge on any atom is 0.408 e. The zero-order valence-electron chi connectivity index (χ0n) is 18.8. The van der Waals surface area contributed by atoms with Crippen molar-refractivity contribution in [2.45, 2.75) is 45.3 Å². The van der Waals surface area contributed by atoms with Crippen LogP contribution in [0.5, 0.6) is 0 Å². The lowest BCUT2D eigenvalue weighted by molar-refractivity contribution is -0.384. The Morgan fingerprint density at radius 1 is 1.06 bits per heavy atom. The third-order valence-electron chi connectivity index (χ3n) is 4.58. The molecule has 33 heavy (non-hydrogen) atoms. The molecule has 0 saturated heterocycles. The van der Waals surface area contributed by atoms with Gasteiger partial charge in [0.05, 0.1) is 4.92 Å². The molecular weight excluding hydrogens is 428 g/mol. The number of carbonyl (C=O) groups is 3. The molecular formula is C23H28N4O6. The van der Waals surface area contributed by atoms with E-state index in [-0.39, 0.29) is 18.7 Å². The van der Waals surface area contributed by atoms with Crippen LogP contribution in [0.25, 0.3) is 0 Å². The molecule has 3 N–H and O–H groups in total. The first-order valence-corrected chi connectivity index (χ1v) is 10.3. The number of hydrogen-bond acceptors (Lipinski definition) is 6. The van der Waals surface area contributed by atoms with Crippen molar-refractivity contribution in [2.75, 3.05) is 6.54 Å². The Morgan fingerprint density at radius 3 is 2.18 bits per heavy atom. The van der Waals surface area contributed by atoms with Gasteiger partial charge in [-0.15, -0.1) is 0 Å². The topological polar surface area (TPSA) is 145 Å². The number of nitrogens with two attached hydrogens (primary N) is 1. The van der Waals surface area contributed by atoms with Crippen molar-refractivity contribution >= 4 is 23.7 Å². The molecule has 1 atom stereocenters. The van der Waals surface area contributed by atoms with Crippen LogP contribution in [0.2, 0.25) is 0 Å². The van der Waals surface area contributed by atoms with Crippen molar-refractivity contribution < 1.29 is 24.0 Å². The highest BCUT2D eigenvalue weighted by Gasteiger charge is 2.30.